The number of aliphatic hydroxyl groups excluding tert-OH is 2. The zero-order valence-corrected chi connectivity index (χ0v) is 10.4. The van der Waals surface area contributed by atoms with Crippen molar-refractivity contribution in [1.82, 2.24) is 5.32 Å². The van der Waals surface area contributed by atoms with Gasteiger partial charge in [-0.25, -0.2) is 0 Å². The van der Waals surface area contributed by atoms with Crippen molar-refractivity contribution in [2.24, 2.45) is 11.3 Å². The molecule has 0 spiro atoms. The molecule has 2 unspecified atom stereocenters. The Morgan fingerprint density at radius 1 is 1.35 bits per heavy atom. The molecule has 0 saturated heterocycles. The normalized spacial score (nSPS) is 15.1. The minimum Gasteiger partial charge on any atom is -0.481 e. The molecule has 0 aliphatic carbocycles. The highest BCUT2D eigenvalue weighted by atomic mass is 16.4. The summed E-state index contributed by atoms with van der Waals surface area (Å²) in [6, 6.07) is 0. The second-order valence-corrected chi connectivity index (χ2v) is 4.74. The molecule has 0 saturated carbocycles. The van der Waals surface area contributed by atoms with Gasteiger partial charge < -0.3 is 20.6 Å². The summed E-state index contributed by atoms with van der Waals surface area (Å²) in [5.74, 6) is -2.31. The van der Waals surface area contributed by atoms with Crippen molar-refractivity contribution >= 4 is 11.9 Å². The second kappa shape index (κ2) is 6.56. The zero-order chi connectivity index (χ0) is 13.6. The fourth-order valence-corrected chi connectivity index (χ4v) is 1.17. The van der Waals surface area contributed by atoms with Gasteiger partial charge in [-0.2, -0.15) is 0 Å². The van der Waals surface area contributed by atoms with E-state index in [2.05, 4.69) is 5.32 Å². The first kappa shape index (κ1) is 15.9. The molecule has 0 aromatic rings. The SMILES string of the molecule is CCC(CNC(=O)C(O)C(C)(C)CO)C(=O)O. The lowest BCUT2D eigenvalue weighted by Crippen LogP contribution is -2.47. The van der Waals surface area contributed by atoms with E-state index in [0.717, 1.165) is 0 Å². The Morgan fingerprint density at radius 3 is 2.24 bits per heavy atom. The molecule has 0 radical (unpaired) electrons. The Labute approximate surface area is 101 Å². The van der Waals surface area contributed by atoms with Gasteiger partial charge in [0.25, 0.3) is 0 Å². The summed E-state index contributed by atoms with van der Waals surface area (Å²) in [6.07, 6.45) is -0.964. The van der Waals surface area contributed by atoms with Gasteiger partial charge in [-0.3, -0.25) is 9.59 Å². The van der Waals surface area contributed by atoms with Gasteiger partial charge in [-0.05, 0) is 6.42 Å². The van der Waals surface area contributed by atoms with E-state index in [-0.39, 0.29) is 13.2 Å². The molecule has 0 aliphatic rings. The molecule has 1 amide bonds. The monoisotopic (exact) mass is 247 g/mol. The summed E-state index contributed by atoms with van der Waals surface area (Å²) in [5, 5.41) is 29.8. The minimum atomic E-state index is -1.36. The smallest absolute Gasteiger partial charge is 0.308 e. The number of carboxylic acids is 1. The minimum absolute atomic E-state index is 0.0246. The predicted molar refractivity (Wildman–Crippen MR) is 61.3 cm³/mol. The average Bonchev–Trinajstić information content (AvgIpc) is 2.28. The van der Waals surface area contributed by atoms with E-state index in [0.29, 0.717) is 6.42 Å². The van der Waals surface area contributed by atoms with E-state index >= 15 is 0 Å². The summed E-state index contributed by atoms with van der Waals surface area (Å²) in [4.78, 5) is 22.2. The van der Waals surface area contributed by atoms with E-state index in [1.807, 2.05) is 0 Å². The molecule has 4 N–H and O–H groups in total. The maximum atomic E-state index is 11.5. The van der Waals surface area contributed by atoms with Gasteiger partial charge in [0, 0.05) is 12.0 Å². The third kappa shape index (κ3) is 4.70. The van der Waals surface area contributed by atoms with E-state index in [1.165, 1.54) is 0 Å². The van der Waals surface area contributed by atoms with Crippen LogP contribution in [-0.2, 0) is 9.59 Å². The van der Waals surface area contributed by atoms with Crippen molar-refractivity contribution in [3.63, 3.8) is 0 Å². The maximum absolute atomic E-state index is 11.5. The molecule has 100 valence electrons. The Kier molecular flexibility index (Phi) is 6.12. The number of rotatable bonds is 7. The van der Waals surface area contributed by atoms with Gasteiger partial charge in [-0.15, -0.1) is 0 Å². The lowest BCUT2D eigenvalue weighted by atomic mass is 9.87. The van der Waals surface area contributed by atoms with E-state index in [9.17, 15) is 14.7 Å². The first-order valence-electron chi connectivity index (χ1n) is 5.55. The van der Waals surface area contributed by atoms with E-state index in [4.69, 9.17) is 10.2 Å². The Balaban J connectivity index is 4.32. The largest absolute Gasteiger partial charge is 0.481 e. The number of hydrogen-bond donors (Lipinski definition) is 4. The molecular formula is C11H21NO5. The second-order valence-electron chi connectivity index (χ2n) is 4.74. The molecule has 0 bridgehead atoms. The first-order valence-corrected chi connectivity index (χ1v) is 5.55. The van der Waals surface area contributed by atoms with Crippen LogP contribution in [0.5, 0.6) is 0 Å². The zero-order valence-electron chi connectivity index (χ0n) is 10.4. The Hall–Kier alpha value is -1.14. The quantitative estimate of drug-likeness (QED) is 0.489. The van der Waals surface area contributed by atoms with Crippen LogP contribution in [0, 0.1) is 11.3 Å². The van der Waals surface area contributed by atoms with Crippen LogP contribution in [0.1, 0.15) is 27.2 Å². The van der Waals surface area contributed by atoms with E-state index < -0.39 is 29.3 Å². The molecule has 0 rings (SSSR count). The molecule has 6 nitrogen and oxygen atoms in total. The number of hydrogen-bond acceptors (Lipinski definition) is 4. The molecule has 17 heavy (non-hydrogen) atoms. The van der Waals surface area contributed by atoms with Gasteiger partial charge in [0.2, 0.25) is 5.91 Å². The topological polar surface area (TPSA) is 107 Å². The first-order chi connectivity index (χ1) is 7.76. The number of nitrogens with one attached hydrogen (secondary N) is 1. The number of aliphatic hydroxyl groups is 2. The number of carbonyl (C=O) groups is 2. The third-order valence-electron chi connectivity index (χ3n) is 2.76. The van der Waals surface area contributed by atoms with Crippen LogP contribution >= 0.6 is 0 Å². The molecule has 0 heterocycles. The number of carboxylic acid groups (broad SMARTS) is 1. The van der Waals surface area contributed by atoms with Crippen molar-refractivity contribution in [3.05, 3.63) is 0 Å². The summed E-state index contributed by atoms with van der Waals surface area (Å²) < 4.78 is 0. The Bertz CT molecular complexity index is 277. The van der Waals surface area contributed by atoms with Crippen molar-refractivity contribution in [2.75, 3.05) is 13.2 Å². The fourth-order valence-electron chi connectivity index (χ4n) is 1.17. The standard InChI is InChI=1S/C11H21NO5/c1-4-7(10(16)17)5-12-9(15)8(14)11(2,3)6-13/h7-8,13-14H,4-6H2,1-3H3,(H,12,15)(H,16,17). The van der Waals surface area contributed by atoms with Crippen LogP contribution < -0.4 is 5.32 Å². The van der Waals surface area contributed by atoms with Gasteiger partial charge in [0.15, 0.2) is 0 Å². The number of aliphatic carboxylic acids is 1. The van der Waals surface area contributed by atoms with Crippen LogP contribution in [0.25, 0.3) is 0 Å². The van der Waals surface area contributed by atoms with E-state index in [1.54, 1.807) is 20.8 Å². The van der Waals surface area contributed by atoms with Gasteiger partial charge in [0.05, 0.1) is 12.5 Å². The van der Waals surface area contributed by atoms with Crippen molar-refractivity contribution in [2.45, 2.75) is 33.3 Å². The number of carbonyl (C=O) groups excluding carboxylic acids is 1. The summed E-state index contributed by atoms with van der Waals surface area (Å²) in [5.41, 5.74) is -0.949. The summed E-state index contributed by atoms with van der Waals surface area (Å²) >= 11 is 0. The highest BCUT2D eigenvalue weighted by molar-refractivity contribution is 5.82. The van der Waals surface area contributed by atoms with Gasteiger partial charge in [0.1, 0.15) is 6.10 Å². The van der Waals surface area contributed by atoms with Crippen molar-refractivity contribution < 1.29 is 24.9 Å². The molecule has 2 atom stereocenters. The Morgan fingerprint density at radius 2 is 1.88 bits per heavy atom. The summed E-state index contributed by atoms with van der Waals surface area (Å²) in [6.45, 7) is 4.44. The van der Waals surface area contributed by atoms with Crippen LogP contribution in [0.3, 0.4) is 0 Å². The summed E-state index contributed by atoms with van der Waals surface area (Å²) in [7, 11) is 0. The predicted octanol–water partition coefficient (Wildman–Crippen LogP) is -0.407. The van der Waals surface area contributed by atoms with Crippen LogP contribution in [0.15, 0.2) is 0 Å². The fraction of sp³-hybridized carbons (Fsp3) is 0.818. The van der Waals surface area contributed by atoms with Crippen molar-refractivity contribution in [1.29, 1.82) is 0 Å². The molecule has 0 aliphatic heterocycles. The lowest BCUT2D eigenvalue weighted by molar-refractivity contribution is -0.142. The highest BCUT2D eigenvalue weighted by Crippen LogP contribution is 2.19. The van der Waals surface area contributed by atoms with Gasteiger partial charge >= 0.3 is 5.97 Å². The lowest BCUT2D eigenvalue weighted by Gasteiger charge is -2.27. The third-order valence-corrected chi connectivity index (χ3v) is 2.76. The van der Waals surface area contributed by atoms with Crippen LogP contribution in [0.4, 0.5) is 0 Å². The maximum Gasteiger partial charge on any atom is 0.308 e. The molecule has 6 heteroatoms. The van der Waals surface area contributed by atoms with Crippen LogP contribution in [0.2, 0.25) is 0 Å². The van der Waals surface area contributed by atoms with Crippen LogP contribution in [-0.4, -0.2) is 46.5 Å². The molecule has 0 fully saturated rings. The van der Waals surface area contributed by atoms with Gasteiger partial charge in [-0.1, -0.05) is 20.8 Å². The van der Waals surface area contributed by atoms with Crippen molar-refractivity contribution in [3.8, 4) is 0 Å². The molecule has 0 aromatic heterocycles. The molecule has 0 aromatic carbocycles. The average molecular weight is 247 g/mol. The highest BCUT2D eigenvalue weighted by Gasteiger charge is 2.33. The number of amides is 1. The molecular weight excluding hydrogens is 226 g/mol.